The third-order valence-electron chi connectivity index (χ3n) is 3.59. The number of carbonyl (C=O) groups excluding carboxylic acids is 1. The Morgan fingerprint density at radius 3 is 2.72 bits per heavy atom. The summed E-state index contributed by atoms with van der Waals surface area (Å²) in [4.78, 5) is 22.7. The van der Waals surface area contributed by atoms with E-state index in [4.69, 9.17) is 8.94 Å². The lowest BCUT2D eigenvalue weighted by atomic mass is 10.3. The molecule has 0 saturated heterocycles. The summed E-state index contributed by atoms with van der Waals surface area (Å²) in [6.45, 7) is 5.07. The lowest BCUT2D eigenvalue weighted by molar-refractivity contribution is -0.386. The van der Waals surface area contributed by atoms with E-state index in [1.807, 2.05) is 0 Å². The van der Waals surface area contributed by atoms with Gasteiger partial charge in [0.1, 0.15) is 22.9 Å². The van der Waals surface area contributed by atoms with Crippen LogP contribution in [0.15, 0.2) is 27.1 Å². The minimum atomic E-state index is -0.473. The highest BCUT2D eigenvalue weighted by Gasteiger charge is 2.22. The number of anilines is 1. The maximum atomic E-state index is 12.1. The fraction of sp³-hybridized carbons (Fsp3) is 0.267. The maximum Gasteiger partial charge on any atom is 0.312 e. The van der Waals surface area contributed by atoms with E-state index < -0.39 is 10.8 Å². The molecule has 0 radical (unpaired) electrons. The molecule has 3 aromatic rings. The summed E-state index contributed by atoms with van der Waals surface area (Å²) in [6, 6.07) is 4.71. The van der Waals surface area contributed by atoms with Gasteiger partial charge in [-0.3, -0.25) is 19.6 Å². The van der Waals surface area contributed by atoms with Crippen molar-refractivity contribution in [2.45, 2.75) is 27.3 Å². The molecule has 0 atom stereocenters. The third-order valence-corrected chi connectivity index (χ3v) is 3.59. The summed E-state index contributed by atoms with van der Waals surface area (Å²) in [5.41, 5.74) is 0.724. The molecule has 1 amide bonds. The number of rotatable bonds is 5. The Labute approximate surface area is 141 Å². The Kier molecular flexibility index (Phi) is 4.09. The van der Waals surface area contributed by atoms with Gasteiger partial charge in [-0.25, -0.2) is 0 Å². The van der Waals surface area contributed by atoms with Crippen molar-refractivity contribution in [1.82, 2.24) is 14.9 Å². The van der Waals surface area contributed by atoms with Crippen molar-refractivity contribution < 1.29 is 18.7 Å². The number of nitrogens with zero attached hydrogens (tertiary/aromatic N) is 4. The van der Waals surface area contributed by atoms with E-state index in [0.717, 1.165) is 0 Å². The molecule has 0 unspecified atom stereocenters. The van der Waals surface area contributed by atoms with Crippen molar-refractivity contribution in [3.8, 4) is 0 Å². The Bertz CT molecular complexity index is 952. The van der Waals surface area contributed by atoms with Crippen LogP contribution in [0, 0.1) is 30.9 Å². The van der Waals surface area contributed by atoms with E-state index in [-0.39, 0.29) is 23.8 Å². The van der Waals surface area contributed by atoms with Gasteiger partial charge >= 0.3 is 5.69 Å². The molecule has 0 bridgehead atoms. The van der Waals surface area contributed by atoms with Crippen molar-refractivity contribution in [3.05, 3.63) is 57.0 Å². The quantitative estimate of drug-likeness (QED) is 0.555. The largest absolute Gasteiger partial charge is 0.454 e. The first-order valence-electron chi connectivity index (χ1n) is 7.37. The molecule has 0 aliphatic heterocycles. The molecule has 3 aromatic heterocycles. The van der Waals surface area contributed by atoms with Crippen LogP contribution in [0.2, 0.25) is 0 Å². The van der Waals surface area contributed by atoms with Gasteiger partial charge in [-0.2, -0.15) is 5.10 Å². The van der Waals surface area contributed by atoms with E-state index >= 15 is 0 Å². The summed E-state index contributed by atoms with van der Waals surface area (Å²) in [5, 5.41) is 21.4. The van der Waals surface area contributed by atoms with Gasteiger partial charge < -0.3 is 14.3 Å². The Hall–Kier alpha value is -3.43. The van der Waals surface area contributed by atoms with Gasteiger partial charge in [0.05, 0.1) is 11.5 Å². The molecule has 10 nitrogen and oxygen atoms in total. The summed E-state index contributed by atoms with van der Waals surface area (Å²) in [5.74, 6) is 0.920. The predicted molar refractivity (Wildman–Crippen MR) is 85.4 cm³/mol. The number of hydrogen-bond donors (Lipinski definition) is 1. The van der Waals surface area contributed by atoms with Gasteiger partial charge in [-0.1, -0.05) is 5.16 Å². The van der Waals surface area contributed by atoms with Gasteiger partial charge in [0, 0.05) is 6.07 Å². The molecule has 10 heteroatoms. The smallest absolute Gasteiger partial charge is 0.312 e. The highest BCUT2D eigenvalue weighted by Crippen LogP contribution is 2.23. The van der Waals surface area contributed by atoms with E-state index in [1.165, 1.54) is 10.7 Å². The number of aryl methyl sites for hydroxylation is 2. The van der Waals surface area contributed by atoms with Crippen LogP contribution in [0.4, 0.5) is 11.5 Å². The van der Waals surface area contributed by atoms with Gasteiger partial charge in [-0.15, -0.1) is 0 Å². The van der Waals surface area contributed by atoms with Crippen LogP contribution in [0.25, 0.3) is 0 Å². The molecule has 3 rings (SSSR count). The lowest BCUT2D eigenvalue weighted by Gasteiger charge is -2.01. The second kappa shape index (κ2) is 6.23. The van der Waals surface area contributed by atoms with Crippen molar-refractivity contribution in [2.75, 3.05) is 5.32 Å². The molecular weight excluding hydrogens is 330 g/mol. The van der Waals surface area contributed by atoms with Crippen LogP contribution in [-0.2, 0) is 6.54 Å². The molecule has 0 fully saturated rings. The van der Waals surface area contributed by atoms with Crippen LogP contribution >= 0.6 is 0 Å². The predicted octanol–water partition coefficient (Wildman–Crippen LogP) is 2.60. The summed E-state index contributed by atoms with van der Waals surface area (Å²) in [7, 11) is 0. The highest BCUT2D eigenvalue weighted by molar-refractivity contribution is 6.01. The topological polar surface area (TPSA) is 129 Å². The molecule has 130 valence electrons. The van der Waals surface area contributed by atoms with Crippen molar-refractivity contribution in [2.24, 2.45) is 0 Å². The van der Waals surface area contributed by atoms with Crippen molar-refractivity contribution in [1.29, 1.82) is 0 Å². The van der Waals surface area contributed by atoms with Crippen LogP contribution in [-0.4, -0.2) is 25.8 Å². The van der Waals surface area contributed by atoms with E-state index in [0.29, 0.717) is 22.9 Å². The monoisotopic (exact) mass is 345 g/mol. The minimum absolute atomic E-state index is 0.0223. The lowest BCUT2D eigenvalue weighted by Crippen LogP contribution is -2.11. The van der Waals surface area contributed by atoms with E-state index in [1.54, 1.807) is 32.9 Å². The maximum absolute atomic E-state index is 12.1. The van der Waals surface area contributed by atoms with Crippen molar-refractivity contribution >= 4 is 17.4 Å². The van der Waals surface area contributed by atoms with Crippen molar-refractivity contribution in [3.63, 3.8) is 0 Å². The number of hydrogen-bond acceptors (Lipinski definition) is 7. The number of amides is 1. The zero-order chi connectivity index (χ0) is 18.1. The van der Waals surface area contributed by atoms with Crippen LogP contribution in [0.5, 0.6) is 0 Å². The average molecular weight is 345 g/mol. The fourth-order valence-corrected chi connectivity index (χ4v) is 2.44. The first-order chi connectivity index (χ1) is 11.8. The van der Waals surface area contributed by atoms with Crippen LogP contribution in [0.1, 0.15) is 33.5 Å². The SMILES string of the molecule is Cc1cc(NC(=O)c2ccc(Cn3nc(C)c([N+](=O)[O-])c3C)o2)no1. The first-order valence-corrected chi connectivity index (χ1v) is 7.37. The number of carbonyl (C=O) groups is 1. The zero-order valence-electron chi connectivity index (χ0n) is 13.8. The molecule has 3 heterocycles. The number of nitro groups is 1. The van der Waals surface area contributed by atoms with E-state index in [9.17, 15) is 14.9 Å². The summed E-state index contributed by atoms with van der Waals surface area (Å²) in [6.07, 6.45) is 0. The van der Waals surface area contributed by atoms with Crippen LogP contribution in [0.3, 0.4) is 0 Å². The Morgan fingerprint density at radius 2 is 2.12 bits per heavy atom. The molecule has 0 aliphatic rings. The molecule has 0 aliphatic carbocycles. The zero-order valence-corrected chi connectivity index (χ0v) is 13.8. The molecule has 0 aromatic carbocycles. The molecule has 25 heavy (non-hydrogen) atoms. The fourth-order valence-electron chi connectivity index (χ4n) is 2.44. The second-order valence-electron chi connectivity index (χ2n) is 5.48. The van der Waals surface area contributed by atoms with Crippen LogP contribution < -0.4 is 5.32 Å². The Balaban J connectivity index is 1.75. The Morgan fingerprint density at radius 1 is 1.36 bits per heavy atom. The van der Waals surface area contributed by atoms with Gasteiger partial charge in [-0.05, 0) is 32.9 Å². The van der Waals surface area contributed by atoms with Gasteiger partial charge in [0.2, 0.25) is 0 Å². The average Bonchev–Trinajstić information content (AvgIpc) is 3.21. The molecule has 0 spiro atoms. The minimum Gasteiger partial charge on any atom is -0.454 e. The third kappa shape index (κ3) is 3.27. The van der Waals surface area contributed by atoms with Gasteiger partial charge in [0.25, 0.3) is 5.91 Å². The molecule has 0 saturated carbocycles. The van der Waals surface area contributed by atoms with E-state index in [2.05, 4.69) is 15.6 Å². The molecular formula is C15H15N5O5. The normalized spacial score (nSPS) is 10.8. The summed E-state index contributed by atoms with van der Waals surface area (Å²) >= 11 is 0. The van der Waals surface area contributed by atoms with Gasteiger partial charge in [0.15, 0.2) is 11.6 Å². The number of nitrogens with one attached hydrogen (secondary N) is 1. The molecule has 1 N–H and O–H groups in total. The standard InChI is InChI=1S/C15H15N5O5/c1-8-6-13(18-25-8)16-15(21)12-5-4-11(24-12)7-19-10(3)14(20(22)23)9(2)17-19/h4-6H,7H2,1-3H3,(H,16,18,21). The number of furan rings is 1. The first kappa shape index (κ1) is 16.4. The second-order valence-corrected chi connectivity index (χ2v) is 5.48. The number of aromatic nitrogens is 3. The summed E-state index contributed by atoms with van der Waals surface area (Å²) < 4.78 is 11.8. The highest BCUT2D eigenvalue weighted by atomic mass is 16.6.